The van der Waals surface area contributed by atoms with E-state index in [0.717, 1.165) is 30.8 Å². The summed E-state index contributed by atoms with van der Waals surface area (Å²) in [6.07, 6.45) is 2.24. The summed E-state index contributed by atoms with van der Waals surface area (Å²) in [6.45, 7) is 2.21. The van der Waals surface area contributed by atoms with Crippen LogP contribution in [0.15, 0.2) is 72.8 Å². The minimum atomic E-state index is -0.556. The summed E-state index contributed by atoms with van der Waals surface area (Å²) in [7, 11) is 0. The van der Waals surface area contributed by atoms with Crippen LogP contribution in [0.1, 0.15) is 49.5 Å². The molecule has 3 aromatic carbocycles. The lowest BCUT2D eigenvalue weighted by Gasteiger charge is -2.27. The molecule has 3 atom stereocenters. The van der Waals surface area contributed by atoms with Gasteiger partial charge in [0.15, 0.2) is 0 Å². The summed E-state index contributed by atoms with van der Waals surface area (Å²) >= 11 is 6.21. The Kier molecular flexibility index (Phi) is 5.86. The van der Waals surface area contributed by atoms with Crippen LogP contribution in [0.4, 0.5) is 5.69 Å². The maximum Gasteiger partial charge on any atom is 0.340 e. The second-order valence-corrected chi connectivity index (χ2v) is 10.2. The van der Waals surface area contributed by atoms with Crippen LogP contribution < -0.4 is 4.90 Å². The minimum absolute atomic E-state index is 0.152. The Morgan fingerprint density at radius 1 is 0.917 bits per heavy atom. The number of anilines is 1. The third-order valence-electron chi connectivity index (χ3n) is 7.72. The third kappa shape index (κ3) is 3.91. The van der Waals surface area contributed by atoms with E-state index in [9.17, 15) is 14.4 Å². The maximum absolute atomic E-state index is 13.3. The lowest BCUT2D eigenvalue weighted by Crippen LogP contribution is -2.34. The van der Waals surface area contributed by atoms with Gasteiger partial charge in [-0.25, -0.2) is 9.69 Å². The molecule has 2 amide bonds. The SMILES string of the molecule is O=C(OCC1C2CCC1N(Cc1ccccc1)C2)c1ccc(Cl)cc1N1C(=O)c2ccccc2C1=O. The number of carbonyl (C=O) groups is 3. The molecule has 1 saturated heterocycles. The molecule has 2 heterocycles. The van der Waals surface area contributed by atoms with Gasteiger partial charge in [0.05, 0.1) is 29.0 Å². The number of amides is 2. The van der Waals surface area contributed by atoms with Gasteiger partial charge in [0.1, 0.15) is 0 Å². The molecule has 182 valence electrons. The smallest absolute Gasteiger partial charge is 0.340 e. The molecule has 6 rings (SSSR count). The summed E-state index contributed by atoms with van der Waals surface area (Å²) in [5.41, 5.74) is 2.21. The van der Waals surface area contributed by atoms with Crippen molar-refractivity contribution in [2.45, 2.75) is 25.4 Å². The fraction of sp³-hybridized carbons (Fsp3) is 0.276. The van der Waals surface area contributed by atoms with Crippen molar-refractivity contribution in [1.29, 1.82) is 0 Å². The molecule has 2 bridgehead atoms. The van der Waals surface area contributed by atoms with Gasteiger partial charge in [0.2, 0.25) is 0 Å². The first-order valence-electron chi connectivity index (χ1n) is 12.2. The second kappa shape index (κ2) is 9.19. The monoisotopic (exact) mass is 500 g/mol. The predicted molar refractivity (Wildman–Crippen MR) is 136 cm³/mol. The number of ether oxygens (including phenoxy) is 1. The van der Waals surface area contributed by atoms with Gasteiger partial charge in [0.25, 0.3) is 11.8 Å². The highest BCUT2D eigenvalue weighted by molar-refractivity contribution is 6.36. The van der Waals surface area contributed by atoms with E-state index in [1.165, 1.54) is 17.7 Å². The molecule has 1 saturated carbocycles. The normalized spacial score (nSPS) is 22.8. The number of esters is 1. The molecule has 3 unspecified atom stereocenters. The van der Waals surface area contributed by atoms with E-state index in [2.05, 4.69) is 29.2 Å². The van der Waals surface area contributed by atoms with E-state index < -0.39 is 17.8 Å². The Morgan fingerprint density at radius 2 is 1.61 bits per heavy atom. The first kappa shape index (κ1) is 23.0. The van der Waals surface area contributed by atoms with Crippen molar-refractivity contribution in [3.8, 4) is 0 Å². The quantitative estimate of drug-likeness (QED) is 0.343. The molecule has 0 spiro atoms. The predicted octanol–water partition coefficient (Wildman–Crippen LogP) is 5.21. The van der Waals surface area contributed by atoms with Gasteiger partial charge in [0, 0.05) is 30.1 Å². The number of piperidine rings is 1. The van der Waals surface area contributed by atoms with Gasteiger partial charge in [-0.15, -0.1) is 0 Å². The lowest BCUT2D eigenvalue weighted by molar-refractivity contribution is 0.0409. The number of carbonyl (C=O) groups excluding carboxylic acids is 3. The first-order valence-corrected chi connectivity index (χ1v) is 12.6. The number of rotatable bonds is 6. The van der Waals surface area contributed by atoms with E-state index in [-0.39, 0.29) is 17.2 Å². The van der Waals surface area contributed by atoms with Crippen molar-refractivity contribution in [2.75, 3.05) is 18.1 Å². The largest absolute Gasteiger partial charge is 0.462 e. The van der Waals surface area contributed by atoms with Crippen molar-refractivity contribution >= 4 is 35.1 Å². The Labute approximate surface area is 214 Å². The van der Waals surface area contributed by atoms with E-state index in [0.29, 0.717) is 34.7 Å². The average Bonchev–Trinajstić information content (AvgIpc) is 3.52. The zero-order valence-corrected chi connectivity index (χ0v) is 20.4. The Morgan fingerprint density at radius 3 is 2.33 bits per heavy atom. The van der Waals surface area contributed by atoms with E-state index in [1.807, 2.05) is 6.07 Å². The van der Waals surface area contributed by atoms with Gasteiger partial charge in [-0.1, -0.05) is 54.1 Å². The Balaban J connectivity index is 1.19. The maximum atomic E-state index is 13.3. The highest BCUT2D eigenvalue weighted by Crippen LogP contribution is 2.43. The Bertz CT molecular complexity index is 1320. The number of hydrogen-bond acceptors (Lipinski definition) is 5. The van der Waals surface area contributed by atoms with E-state index in [4.69, 9.17) is 16.3 Å². The highest BCUT2D eigenvalue weighted by Gasteiger charge is 2.47. The number of likely N-dealkylation sites (tertiary alicyclic amines) is 1. The van der Waals surface area contributed by atoms with E-state index in [1.54, 1.807) is 30.3 Å². The molecule has 2 fully saturated rings. The summed E-state index contributed by atoms with van der Waals surface area (Å²) in [6, 6.07) is 22.0. The van der Waals surface area contributed by atoms with Crippen LogP contribution in [0.3, 0.4) is 0 Å². The fourth-order valence-corrected chi connectivity index (χ4v) is 6.18. The second-order valence-electron chi connectivity index (χ2n) is 9.73. The van der Waals surface area contributed by atoms with Crippen LogP contribution in [0.5, 0.6) is 0 Å². The summed E-state index contributed by atoms with van der Waals surface area (Å²) < 4.78 is 5.82. The number of nitrogens with zero attached hydrogens (tertiary/aromatic N) is 2. The standard InChI is InChI=1S/C29H25ClN2O4/c30-20-11-12-23(26(14-20)32-27(33)21-8-4-5-9-22(21)28(32)34)29(35)36-17-24-19-10-13-25(24)31(16-19)15-18-6-2-1-3-7-18/h1-9,11-12,14,19,24-25H,10,13,15-17H2. The van der Waals surface area contributed by atoms with Crippen molar-refractivity contribution in [3.63, 3.8) is 0 Å². The molecule has 0 aromatic heterocycles. The molecule has 3 aliphatic rings. The van der Waals surface area contributed by atoms with Gasteiger partial charge < -0.3 is 4.74 Å². The molecule has 7 heteroatoms. The van der Waals surface area contributed by atoms with Crippen molar-refractivity contribution in [2.24, 2.45) is 11.8 Å². The Hall–Kier alpha value is -3.48. The average molecular weight is 501 g/mol. The zero-order valence-electron chi connectivity index (χ0n) is 19.6. The number of benzene rings is 3. The van der Waals surface area contributed by atoms with Crippen LogP contribution >= 0.6 is 11.6 Å². The van der Waals surface area contributed by atoms with Crippen LogP contribution in [-0.2, 0) is 11.3 Å². The minimum Gasteiger partial charge on any atom is -0.462 e. The summed E-state index contributed by atoms with van der Waals surface area (Å²) in [5.74, 6) is -0.742. The summed E-state index contributed by atoms with van der Waals surface area (Å²) in [5, 5.41) is 0.323. The molecule has 1 aliphatic carbocycles. The number of imide groups is 1. The van der Waals surface area contributed by atoms with Crippen LogP contribution in [0.25, 0.3) is 0 Å². The van der Waals surface area contributed by atoms with Gasteiger partial charge in [-0.3, -0.25) is 14.5 Å². The fourth-order valence-electron chi connectivity index (χ4n) is 6.01. The van der Waals surface area contributed by atoms with Gasteiger partial charge in [-0.2, -0.15) is 0 Å². The molecule has 0 N–H and O–H groups in total. The molecular weight excluding hydrogens is 476 g/mol. The van der Waals surface area contributed by atoms with E-state index >= 15 is 0 Å². The number of fused-ring (bicyclic) bond motifs is 3. The number of halogens is 1. The van der Waals surface area contributed by atoms with Crippen molar-refractivity contribution in [3.05, 3.63) is 100 Å². The molecule has 36 heavy (non-hydrogen) atoms. The third-order valence-corrected chi connectivity index (χ3v) is 7.96. The topological polar surface area (TPSA) is 66.9 Å². The molecule has 0 radical (unpaired) electrons. The van der Waals surface area contributed by atoms with Crippen molar-refractivity contribution < 1.29 is 19.1 Å². The molecule has 6 nitrogen and oxygen atoms in total. The van der Waals surface area contributed by atoms with Crippen LogP contribution in [-0.4, -0.2) is 41.9 Å². The zero-order chi connectivity index (χ0) is 24.8. The first-order chi connectivity index (χ1) is 17.5. The lowest BCUT2D eigenvalue weighted by atomic mass is 9.99. The van der Waals surface area contributed by atoms with Crippen LogP contribution in [0.2, 0.25) is 5.02 Å². The molecular formula is C29H25ClN2O4. The van der Waals surface area contributed by atoms with Gasteiger partial charge >= 0.3 is 5.97 Å². The van der Waals surface area contributed by atoms with Crippen LogP contribution in [0, 0.1) is 11.8 Å². The summed E-state index contributed by atoms with van der Waals surface area (Å²) in [4.78, 5) is 42.9. The highest BCUT2D eigenvalue weighted by atomic mass is 35.5. The molecule has 3 aromatic rings. The molecule has 2 aliphatic heterocycles. The van der Waals surface area contributed by atoms with Gasteiger partial charge in [-0.05, 0) is 54.7 Å². The number of hydrogen-bond donors (Lipinski definition) is 0. The van der Waals surface area contributed by atoms with Crippen molar-refractivity contribution in [1.82, 2.24) is 4.90 Å².